The normalized spacial score (nSPS) is 17.2. The fourth-order valence-corrected chi connectivity index (χ4v) is 4.09. The van der Waals surface area contributed by atoms with Crippen molar-refractivity contribution in [2.75, 3.05) is 6.54 Å². The zero-order valence-corrected chi connectivity index (χ0v) is 15.4. The number of amides is 1. The quantitative estimate of drug-likeness (QED) is 0.770. The molecule has 1 aliphatic heterocycles. The molecule has 0 aliphatic carbocycles. The van der Waals surface area contributed by atoms with Gasteiger partial charge in [-0.2, -0.15) is 0 Å². The first-order valence-electron chi connectivity index (χ1n) is 9.02. The first-order valence-corrected chi connectivity index (χ1v) is 9.02. The highest BCUT2D eigenvalue weighted by Crippen LogP contribution is 2.34. The molecule has 26 heavy (non-hydrogen) atoms. The number of hydrogen-bond donors (Lipinski definition) is 1. The summed E-state index contributed by atoms with van der Waals surface area (Å²) in [4.78, 5) is 29.7. The maximum atomic E-state index is 13.2. The molecule has 1 atom stereocenters. The van der Waals surface area contributed by atoms with Crippen LogP contribution in [0.1, 0.15) is 45.9 Å². The molecule has 1 aliphatic rings. The van der Waals surface area contributed by atoms with E-state index in [1.807, 2.05) is 17.0 Å². The number of benzene rings is 2. The Morgan fingerprint density at radius 1 is 1.12 bits per heavy atom. The maximum absolute atomic E-state index is 13.2. The van der Waals surface area contributed by atoms with Gasteiger partial charge in [-0.05, 0) is 50.5 Å². The molecule has 0 bridgehead atoms. The molecule has 0 spiro atoms. The average molecular weight is 349 g/mol. The van der Waals surface area contributed by atoms with Crippen LogP contribution in [-0.4, -0.2) is 26.9 Å². The van der Waals surface area contributed by atoms with Crippen LogP contribution in [-0.2, 0) is 7.05 Å². The topological polar surface area (TPSA) is 58.1 Å². The molecule has 1 unspecified atom stereocenters. The number of rotatable bonds is 2. The van der Waals surface area contributed by atoms with Crippen molar-refractivity contribution >= 4 is 16.9 Å². The van der Waals surface area contributed by atoms with Crippen molar-refractivity contribution in [3.05, 3.63) is 69.1 Å². The van der Waals surface area contributed by atoms with Crippen LogP contribution in [0.15, 0.2) is 41.2 Å². The predicted molar refractivity (Wildman–Crippen MR) is 102 cm³/mol. The number of fused-ring (bicyclic) bond motifs is 1. The number of carbonyl (C=O) groups excluding carboxylic acids is 1. The van der Waals surface area contributed by atoms with Crippen molar-refractivity contribution in [3.63, 3.8) is 0 Å². The molecule has 5 nitrogen and oxygen atoms in total. The molecule has 1 aromatic heterocycles. The van der Waals surface area contributed by atoms with Gasteiger partial charge in [-0.3, -0.25) is 9.36 Å². The summed E-state index contributed by atoms with van der Waals surface area (Å²) in [5, 5.41) is 0. The van der Waals surface area contributed by atoms with E-state index in [-0.39, 0.29) is 17.6 Å². The number of hydrogen-bond acceptors (Lipinski definition) is 2. The molecule has 3 aromatic rings. The van der Waals surface area contributed by atoms with Gasteiger partial charge in [0.2, 0.25) is 0 Å². The number of nitrogens with zero attached hydrogens (tertiary/aromatic N) is 2. The van der Waals surface area contributed by atoms with Gasteiger partial charge in [0.1, 0.15) is 0 Å². The van der Waals surface area contributed by atoms with E-state index in [1.165, 1.54) is 16.7 Å². The molecule has 134 valence electrons. The second kappa shape index (κ2) is 6.16. The molecule has 1 saturated heterocycles. The molecule has 5 heteroatoms. The third-order valence-electron chi connectivity index (χ3n) is 5.29. The minimum atomic E-state index is -0.168. The van der Waals surface area contributed by atoms with Crippen LogP contribution in [0.4, 0.5) is 0 Å². The van der Waals surface area contributed by atoms with E-state index in [2.05, 4.69) is 37.0 Å². The van der Waals surface area contributed by atoms with Crippen molar-refractivity contribution in [2.24, 2.45) is 7.05 Å². The van der Waals surface area contributed by atoms with E-state index >= 15 is 0 Å². The molecular formula is C21H23N3O2. The number of carbonyl (C=O) groups is 1. The van der Waals surface area contributed by atoms with E-state index in [0.29, 0.717) is 11.1 Å². The summed E-state index contributed by atoms with van der Waals surface area (Å²) in [5.74, 6) is 0.0262. The van der Waals surface area contributed by atoms with Crippen LogP contribution in [0.25, 0.3) is 11.0 Å². The molecule has 1 amide bonds. The van der Waals surface area contributed by atoms with Gasteiger partial charge < -0.3 is 9.88 Å². The fraction of sp³-hybridized carbons (Fsp3) is 0.333. The number of imidazole rings is 1. The highest BCUT2D eigenvalue weighted by atomic mass is 16.2. The lowest BCUT2D eigenvalue weighted by atomic mass is 9.99. The van der Waals surface area contributed by atoms with E-state index in [9.17, 15) is 9.59 Å². The van der Waals surface area contributed by atoms with Gasteiger partial charge >= 0.3 is 5.69 Å². The highest BCUT2D eigenvalue weighted by Gasteiger charge is 2.31. The molecule has 1 N–H and O–H groups in total. The number of aromatic nitrogens is 2. The predicted octanol–water partition coefficient (Wildman–Crippen LogP) is 3.46. The lowest BCUT2D eigenvalue weighted by Crippen LogP contribution is -2.30. The van der Waals surface area contributed by atoms with Crippen molar-refractivity contribution < 1.29 is 4.79 Å². The first kappa shape index (κ1) is 16.6. The van der Waals surface area contributed by atoms with Gasteiger partial charge in [0, 0.05) is 19.2 Å². The lowest BCUT2D eigenvalue weighted by Gasteiger charge is -2.26. The molecule has 2 heterocycles. The third kappa shape index (κ3) is 2.73. The van der Waals surface area contributed by atoms with E-state index in [4.69, 9.17) is 0 Å². The number of likely N-dealkylation sites (tertiary alicyclic amines) is 1. The standard InChI is InChI=1S/C21H23N3O2/c1-13-9-14(2)11-16(10-13)18-5-4-8-24(18)20(25)15-6-7-19-17(12-15)22-21(26)23(19)3/h6-7,9-12,18H,4-5,8H2,1-3H3,(H,22,26). The maximum Gasteiger partial charge on any atom is 0.326 e. The lowest BCUT2D eigenvalue weighted by molar-refractivity contribution is 0.0735. The Morgan fingerprint density at radius 3 is 2.58 bits per heavy atom. The summed E-state index contributed by atoms with van der Waals surface area (Å²) >= 11 is 0. The van der Waals surface area contributed by atoms with Gasteiger partial charge in [0.05, 0.1) is 17.1 Å². The number of nitrogens with one attached hydrogen (secondary N) is 1. The van der Waals surface area contributed by atoms with Gasteiger partial charge in [-0.25, -0.2) is 4.79 Å². The Morgan fingerprint density at radius 2 is 1.85 bits per heavy atom. The Hall–Kier alpha value is -2.82. The molecular weight excluding hydrogens is 326 g/mol. The summed E-state index contributed by atoms with van der Waals surface area (Å²) in [5.41, 5.74) is 5.62. The first-order chi connectivity index (χ1) is 12.4. The molecule has 2 aromatic carbocycles. The van der Waals surface area contributed by atoms with Gasteiger partial charge in [-0.15, -0.1) is 0 Å². The number of aryl methyl sites for hydroxylation is 3. The van der Waals surface area contributed by atoms with Crippen molar-refractivity contribution in [3.8, 4) is 0 Å². The smallest absolute Gasteiger partial charge is 0.326 e. The zero-order chi connectivity index (χ0) is 18.4. The van der Waals surface area contributed by atoms with E-state index in [0.717, 1.165) is 24.9 Å². The van der Waals surface area contributed by atoms with E-state index in [1.54, 1.807) is 17.7 Å². The number of H-pyrrole nitrogens is 1. The second-order valence-electron chi connectivity index (χ2n) is 7.30. The summed E-state index contributed by atoms with van der Waals surface area (Å²) in [6.45, 7) is 4.95. The van der Waals surface area contributed by atoms with Gasteiger partial charge in [-0.1, -0.05) is 29.3 Å². The Kier molecular flexibility index (Phi) is 3.94. The largest absolute Gasteiger partial charge is 0.332 e. The van der Waals surface area contributed by atoms with Crippen LogP contribution < -0.4 is 5.69 Å². The van der Waals surface area contributed by atoms with Crippen LogP contribution in [0.3, 0.4) is 0 Å². The van der Waals surface area contributed by atoms with Gasteiger partial charge in [0.15, 0.2) is 0 Å². The van der Waals surface area contributed by atoms with E-state index < -0.39 is 0 Å². The zero-order valence-electron chi connectivity index (χ0n) is 15.4. The monoisotopic (exact) mass is 349 g/mol. The van der Waals surface area contributed by atoms with Crippen molar-refractivity contribution in [2.45, 2.75) is 32.7 Å². The van der Waals surface area contributed by atoms with Crippen LogP contribution >= 0.6 is 0 Å². The summed E-state index contributed by atoms with van der Waals surface area (Å²) in [7, 11) is 1.72. The second-order valence-corrected chi connectivity index (χ2v) is 7.30. The highest BCUT2D eigenvalue weighted by molar-refractivity contribution is 5.97. The van der Waals surface area contributed by atoms with Crippen molar-refractivity contribution in [1.82, 2.24) is 14.5 Å². The fourth-order valence-electron chi connectivity index (χ4n) is 4.09. The SMILES string of the molecule is Cc1cc(C)cc(C2CCCN2C(=O)c2ccc3c(c2)[nH]c(=O)n3C)c1. The molecule has 1 fully saturated rings. The summed E-state index contributed by atoms with van der Waals surface area (Å²) < 4.78 is 1.55. The Bertz CT molecular complexity index is 1040. The van der Waals surface area contributed by atoms with Gasteiger partial charge in [0.25, 0.3) is 5.91 Å². The Balaban J connectivity index is 1.69. The van der Waals surface area contributed by atoms with Crippen LogP contribution in [0, 0.1) is 13.8 Å². The van der Waals surface area contributed by atoms with Crippen LogP contribution in [0.5, 0.6) is 0 Å². The minimum Gasteiger partial charge on any atom is -0.332 e. The summed E-state index contributed by atoms with van der Waals surface area (Å²) in [6.07, 6.45) is 1.99. The minimum absolute atomic E-state index is 0.0262. The molecule has 4 rings (SSSR count). The van der Waals surface area contributed by atoms with Crippen LogP contribution in [0.2, 0.25) is 0 Å². The third-order valence-corrected chi connectivity index (χ3v) is 5.29. The average Bonchev–Trinajstić information content (AvgIpc) is 3.19. The Labute approximate surface area is 152 Å². The van der Waals surface area contributed by atoms with Crippen molar-refractivity contribution in [1.29, 1.82) is 0 Å². The number of aromatic amines is 1. The molecule has 0 saturated carbocycles. The molecule has 0 radical (unpaired) electrons. The summed E-state index contributed by atoms with van der Waals surface area (Å²) in [6, 6.07) is 12.1.